The highest BCUT2D eigenvalue weighted by Crippen LogP contribution is 2.10. The quantitative estimate of drug-likeness (QED) is 0.0438. The molecule has 0 radical (unpaired) electrons. The van der Waals surface area contributed by atoms with Crippen molar-refractivity contribution in [2.45, 2.75) is 174 Å². The molecule has 0 saturated carbocycles. The molecule has 0 aliphatic rings. The van der Waals surface area contributed by atoms with Gasteiger partial charge in [0.25, 0.3) is 0 Å². The van der Waals surface area contributed by atoms with Crippen molar-refractivity contribution in [2.75, 3.05) is 13.2 Å². The maximum Gasteiger partial charge on any atom is 0.306 e. The van der Waals surface area contributed by atoms with Crippen LogP contribution in [0.2, 0.25) is 0 Å². The smallest absolute Gasteiger partial charge is 0.306 e. The summed E-state index contributed by atoms with van der Waals surface area (Å²) < 4.78 is 10.5. The number of aliphatic hydroxyl groups is 1. The number of esters is 2. The zero-order valence-corrected chi connectivity index (χ0v) is 29.8. The Bertz CT molecular complexity index is 823. The highest BCUT2D eigenvalue weighted by atomic mass is 16.6. The third kappa shape index (κ3) is 34.5. The van der Waals surface area contributed by atoms with Crippen LogP contribution < -0.4 is 0 Å². The molecule has 5 heteroatoms. The summed E-state index contributed by atoms with van der Waals surface area (Å²) in [6.45, 7) is 4.03. The number of hydrogen-bond acceptors (Lipinski definition) is 5. The van der Waals surface area contributed by atoms with Crippen LogP contribution in [-0.4, -0.2) is 36.4 Å². The maximum absolute atomic E-state index is 12.1. The second-order valence-corrected chi connectivity index (χ2v) is 12.3. The lowest BCUT2D eigenvalue weighted by molar-refractivity contribution is -0.161. The van der Waals surface area contributed by atoms with E-state index in [1.165, 1.54) is 77.0 Å². The number of carbonyl (C=O) groups excluding carboxylic acids is 2. The summed E-state index contributed by atoms with van der Waals surface area (Å²) in [6, 6.07) is 0. The molecule has 1 atom stereocenters. The fourth-order valence-corrected chi connectivity index (χ4v) is 4.89. The molecule has 5 nitrogen and oxygen atoms in total. The van der Waals surface area contributed by atoms with Gasteiger partial charge in [0.2, 0.25) is 0 Å². The summed E-state index contributed by atoms with van der Waals surface area (Å²) in [6.07, 6.45) is 47.1. The van der Waals surface area contributed by atoms with E-state index in [-0.39, 0.29) is 25.2 Å². The van der Waals surface area contributed by atoms with E-state index in [2.05, 4.69) is 74.6 Å². The first-order valence-electron chi connectivity index (χ1n) is 18.8. The Kier molecular flexibility index (Phi) is 35.1. The van der Waals surface area contributed by atoms with Gasteiger partial charge in [-0.15, -0.1) is 0 Å². The van der Waals surface area contributed by atoms with Crippen molar-refractivity contribution in [1.29, 1.82) is 0 Å². The molecular weight excluding hydrogens is 572 g/mol. The molecule has 0 aliphatic carbocycles. The van der Waals surface area contributed by atoms with E-state index < -0.39 is 6.10 Å². The summed E-state index contributed by atoms with van der Waals surface area (Å²) in [5.41, 5.74) is 0. The van der Waals surface area contributed by atoms with Crippen molar-refractivity contribution in [3.8, 4) is 0 Å². The third-order valence-electron chi connectivity index (χ3n) is 7.78. The van der Waals surface area contributed by atoms with Gasteiger partial charge in [-0.1, -0.05) is 139 Å². The lowest BCUT2D eigenvalue weighted by atomic mass is 10.1. The summed E-state index contributed by atoms with van der Waals surface area (Å²) >= 11 is 0. The lowest BCUT2D eigenvalue weighted by Crippen LogP contribution is -2.28. The van der Waals surface area contributed by atoms with Crippen LogP contribution in [0.25, 0.3) is 0 Å². The highest BCUT2D eigenvalue weighted by Gasteiger charge is 2.16. The fraction of sp³-hybridized carbons (Fsp3) is 0.707. The van der Waals surface area contributed by atoms with Gasteiger partial charge in [0.05, 0.1) is 6.61 Å². The van der Waals surface area contributed by atoms with Crippen LogP contribution in [0.1, 0.15) is 168 Å². The van der Waals surface area contributed by atoms with Crippen molar-refractivity contribution in [3.63, 3.8) is 0 Å². The van der Waals surface area contributed by atoms with Gasteiger partial charge in [0, 0.05) is 12.8 Å². The summed E-state index contributed by atoms with van der Waals surface area (Å²) in [7, 11) is 0. The average molecular weight is 643 g/mol. The number of rotatable bonds is 33. The first kappa shape index (κ1) is 43.6. The van der Waals surface area contributed by atoms with E-state index in [9.17, 15) is 14.7 Å². The van der Waals surface area contributed by atoms with Crippen LogP contribution in [0.4, 0.5) is 0 Å². The maximum atomic E-state index is 12.1. The summed E-state index contributed by atoms with van der Waals surface area (Å²) in [5.74, 6) is -0.673. The molecule has 0 unspecified atom stereocenters. The van der Waals surface area contributed by atoms with Crippen LogP contribution in [0.5, 0.6) is 0 Å². The molecular formula is C41H70O5. The van der Waals surface area contributed by atoms with E-state index in [0.717, 1.165) is 57.8 Å². The molecule has 0 rings (SSSR count). The predicted molar refractivity (Wildman–Crippen MR) is 196 cm³/mol. The predicted octanol–water partition coefficient (Wildman–Crippen LogP) is 11.6. The van der Waals surface area contributed by atoms with Gasteiger partial charge in [-0.05, 0) is 77.0 Å². The molecule has 0 bridgehead atoms. The van der Waals surface area contributed by atoms with Gasteiger partial charge in [-0.25, -0.2) is 0 Å². The topological polar surface area (TPSA) is 72.8 Å². The molecule has 1 N–H and O–H groups in total. The second-order valence-electron chi connectivity index (χ2n) is 12.3. The van der Waals surface area contributed by atoms with E-state index in [0.29, 0.717) is 19.3 Å². The number of unbranched alkanes of at least 4 members (excludes halogenated alkanes) is 15. The van der Waals surface area contributed by atoms with E-state index >= 15 is 0 Å². The van der Waals surface area contributed by atoms with Crippen molar-refractivity contribution in [1.82, 2.24) is 0 Å². The van der Waals surface area contributed by atoms with Crippen molar-refractivity contribution >= 4 is 11.9 Å². The molecule has 0 saturated heterocycles. The second kappa shape index (κ2) is 37.1. The summed E-state index contributed by atoms with van der Waals surface area (Å²) in [5, 5.41) is 9.53. The first-order valence-corrected chi connectivity index (χ1v) is 18.8. The normalized spacial score (nSPS) is 12.8. The Labute approximate surface area is 283 Å². The minimum Gasteiger partial charge on any atom is -0.462 e. The molecule has 264 valence electrons. The highest BCUT2D eigenvalue weighted by molar-refractivity contribution is 5.70. The number of ether oxygens (including phenoxy) is 2. The van der Waals surface area contributed by atoms with E-state index in [4.69, 9.17) is 9.47 Å². The van der Waals surface area contributed by atoms with Gasteiger partial charge in [0.1, 0.15) is 6.61 Å². The number of allylic oxidation sites excluding steroid dienone is 10. The first-order chi connectivity index (χ1) is 22.6. The molecule has 0 spiro atoms. The van der Waals surface area contributed by atoms with Crippen LogP contribution in [0.15, 0.2) is 60.8 Å². The Balaban J connectivity index is 3.70. The Hall–Kier alpha value is -2.40. The average Bonchev–Trinajstić information content (AvgIpc) is 3.06. The molecule has 0 aromatic carbocycles. The van der Waals surface area contributed by atoms with Crippen LogP contribution in [0, 0.1) is 0 Å². The standard InChI is InChI=1S/C41H70O5/c1-3-5-7-9-11-13-15-17-19-20-22-23-25-27-29-31-33-35-40(43)45-38-39(37-42)46-41(44)36-34-32-30-28-26-24-21-18-16-14-12-10-8-6-4-2/h12,14,17-19,21-23,27,29,39,42H,3-11,13,15-16,20,24-26,28,30-38H2,1-2H3/b14-12-,19-17-,21-18-,23-22-,29-27-/t39-/m0/s1. The van der Waals surface area contributed by atoms with Gasteiger partial charge in [-0.3, -0.25) is 9.59 Å². The largest absolute Gasteiger partial charge is 0.462 e. The van der Waals surface area contributed by atoms with Crippen LogP contribution in [-0.2, 0) is 19.1 Å². The Morgan fingerprint density at radius 2 is 0.891 bits per heavy atom. The van der Waals surface area contributed by atoms with E-state index in [1.54, 1.807) is 0 Å². The number of hydrogen-bond donors (Lipinski definition) is 1. The fourth-order valence-electron chi connectivity index (χ4n) is 4.89. The zero-order valence-electron chi connectivity index (χ0n) is 29.8. The van der Waals surface area contributed by atoms with Gasteiger partial charge < -0.3 is 14.6 Å². The monoisotopic (exact) mass is 643 g/mol. The molecule has 0 aromatic heterocycles. The zero-order chi connectivity index (χ0) is 33.6. The van der Waals surface area contributed by atoms with Gasteiger partial charge >= 0.3 is 11.9 Å². The van der Waals surface area contributed by atoms with Crippen LogP contribution in [0.3, 0.4) is 0 Å². The SMILES string of the molecule is CCCCC/C=C\C/C=C\CCCCCCCC(=O)O[C@@H](CO)COC(=O)CCC/C=C\C/C=C\C/C=C\CCCCCCCC. The van der Waals surface area contributed by atoms with Gasteiger partial charge in [0.15, 0.2) is 6.10 Å². The van der Waals surface area contributed by atoms with E-state index in [1.807, 2.05) is 0 Å². The van der Waals surface area contributed by atoms with Crippen molar-refractivity contribution < 1.29 is 24.2 Å². The summed E-state index contributed by atoms with van der Waals surface area (Å²) in [4.78, 5) is 24.2. The molecule has 0 aromatic rings. The molecule has 46 heavy (non-hydrogen) atoms. The van der Waals surface area contributed by atoms with Crippen LogP contribution >= 0.6 is 0 Å². The van der Waals surface area contributed by atoms with Gasteiger partial charge in [-0.2, -0.15) is 0 Å². The Morgan fingerprint density at radius 3 is 1.41 bits per heavy atom. The van der Waals surface area contributed by atoms with Crippen molar-refractivity contribution in [2.24, 2.45) is 0 Å². The number of aliphatic hydroxyl groups excluding tert-OH is 1. The van der Waals surface area contributed by atoms with Crippen molar-refractivity contribution in [3.05, 3.63) is 60.8 Å². The lowest BCUT2D eigenvalue weighted by Gasteiger charge is -2.15. The Morgan fingerprint density at radius 1 is 0.500 bits per heavy atom. The molecule has 0 amide bonds. The molecule has 0 heterocycles. The minimum absolute atomic E-state index is 0.0999. The molecule has 0 aliphatic heterocycles. The number of carbonyl (C=O) groups is 2. The minimum atomic E-state index is -0.800. The third-order valence-corrected chi connectivity index (χ3v) is 7.78. The molecule has 0 fully saturated rings.